The van der Waals surface area contributed by atoms with Gasteiger partial charge in [-0.05, 0) is 42.3 Å². The van der Waals surface area contributed by atoms with E-state index in [-0.39, 0.29) is 25.5 Å². The van der Waals surface area contributed by atoms with Crippen LogP contribution in [0.5, 0.6) is 5.75 Å². The van der Waals surface area contributed by atoms with Crippen LogP contribution in [0, 0.1) is 12.7 Å². The van der Waals surface area contributed by atoms with Crippen LogP contribution in [-0.2, 0) is 20.9 Å². The molecule has 3 amide bonds. The summed E-state index contributed by atoms with van der Waals surface area (Å²) < 4.78 is 18.2. The highest BCUT2D eigenvalue weighted by Gasteiger charge is 2.33. The molecule has 29 heavy (non-hydrogen) atoms. The third-order valence-electron chi connectivity index (χ3n) is 4.65. The molecule has 3 rings (SSSR count). The standard InChI is InChI=1S/C21H22FN3O4/c1-14-3-8-18(29-2)17(11-14)23-19(26)13-25-10-9-24(20(27)21(25)28)12-15-4-6-16(22)7-5-15/h3-8,11H,9-10,12-13H2,1-2H3,(H,23,26). The van der Waals surface area contributed by atoms with Crippen LogP contribution in [0.25, 0.3) is 0 Å². The second-order valence-electron chi connectivity index (χ2n) is 6.83. The first-order valence-corrected chi connectivity index (χ1v) is 9.14. The molecule has 0 radical (unpaired) electrons. The molecule has 0 saturated carbocycles. The van der Waals surface area contributed by atoms with Crippen LogP contribution < -0.4 is 10.1 Å². The molecule has 1 aliphatic heterocycles. The van der Waals surface area contributed by atoms with E-state index in [1.165, 1.54) is 29.0 Å². The lowest BCUT2D eigenvalue weighted by Gasteiger charge is -2.33. The zero-order valence-corrected chi connectivity index (χ0v) is 16.3. The summed E-state index contributed by atoms with van der Waals surface area (Å²) in [4.78, 5) is 39.8. The van der Waals surface area contributed by atoms with Crippen LogP contribution >= 0.6 is 0 Å². The van der Waals surface area contributed by atoms with Crippen LogP contribution in [-0.4, -0.2) is 54.3 Å². The summed E-state index contributed by atoms with van der Waals surface area (Å²) in [6.45, 7) is 2.40. The number of carbonyl (C=O) groups excluding carboxylic acids is 3. The largest absolute Gasteiger partial charge is 0.495 e. The van der Waals surface area contributed by atoms with E-state index in [1.807, 2.05) is 13.0 Å². The van der Waals surface area contributed by atoms with Gasteiger partial charge in [-0.3, -0.25) is 14.4 Å². The quantitative estimate of drug-likeness (QED) is 0.753. The maximum absolute atomic E-state index is 13.0. The van der Waals surface area contributed by atoms with Gasteiger partial charge in [-0.15, -0.1) is 0 Å². The molecule has 1 heterocycles. The van der Waals surface area contributed by atoms with Crippen molar-refractivity contribution in [2.45, 2.75) is 13.5 Å². The highest BCUT2D eigenvalue weighted by molar-refractivity contribution is 6.35. The van der Waals surface area contributed by atoms with Crippen molar-refractivity contribution < 1.29 is 23.5 Å². The van der Waals surface area contributed by atoms with Crippen molar-refractivity contribution in [1.82, 2.24) is 9.80 Å². The number of ether oxygens (including phenoxy) is 1. The van der Waals surface area contributed by atoms with Crippen LogP contribution in [0.4, 0.5) is 10.1 Å². The van der Waals surface area contributed by atoms with Gasteiger partial charge in [-0.25, -0.2) is 4.39 Å². The van der Waals surface area contributed by atoms with Crippen molar-refractivity contribution in [2.75, 3.05) is 32.1 Å². The molecule has 0 unspecified atom stereocenters. The predicted molar refractivity (Wildman–Crippen MR) is 105 cm³/mol. The molecule has 0 aliphatic carbocycles. The minimum Gasteiger partial charge on any atom is -0.495 e. The topological polar surface area (TPSA) is 79.0 Å². The number of hydrogen-bond acceptors (Lipinski definition) is 4. The van der Waals surface area contributed by atoms with Gasteiger partial charge in [0, 0.05) is 19.6 Å². The number of rotatable bonds is 6. The van der Waals surface area contributed by atoms with Gasteiger partial charge in [0.05, 0.1) is 12.8 Å². The lowest BCUT2D eigenvalue weighted by atomic mass is 10.2. The van der Waals surface area contributed by atoms with Crippen LogP contribution in [0.3, 0.4) is 0 Å². The average Bonchev–Trinajstić information content (AvgIpc) is 2.69. The lowest BCUT2D eigenvalue weighted by Crippen LogP contribution is -2.55. The van der Waals surface area contributed by atoms with Gasteiger partial charge in [0.15, 0.2) is 0 Å². The summed E-state index contributed by atoms with van der Waals surface area (Å²) in [5.41, 5.74) is 2.18. The normalized spacial score (nSPS) is 14.2. The number of aryl methyl sites for hydroxylation is 1. The number of hydrogen-bond donors (Lipinski definition) is 1. The van der Waals surface area contributed by atoms with E-state index in [1.54, 1.807) is 24.3 Å². The Labute approximate surface area is 168 Å². The minimum atomic E-state index is -0.732. The molecule has 0 aromatic heterocycles. The molecule has 152 valence electrons. The van der Waals surface area contributed by atoms with Gasteiger partial charge < -0.3 is 19.9 Å². The Morgan fingerprint density at radius 1 is 1.07 bits per heavy atom. The van der Waals surface area contributed by atoms with E-state index in [2.05, 4.69) is 5.32 Å². The van der Waals surface area contributed by atoms with Gasteiger partial charge >= 0.3 is 11.8 Å². The monoisotopic (exact) mass is 399 g/mol. The van der Waals surface area contributed by atoms with Gasteiger partial charge in [0.25, 0.3) is 0 Å². The Bertz CT molecular complexity index is 930. The van der Waals surface area contributed by atoms with E-state index < -0.39 is 17.7 Å². The molecule has 0 spiro atoms. The number of benzene rings is 2. The van der Waals surface area contributed by atoms with Crippen molar-refractivity contribution in [1.29, 1.82) is 0 Å². The van der Waals surface area contributed by atoms with Gasteiger partial charge in [0.1, 0.15) is 18.1 Å². The van der Waals surface area contributed by atoms with Crippen molar-refractivity contribution in [3.05, 3.63) is 59.4 Å². The van der Waals surface area contributed by atoms with Gasteiger partial charge in [0.2, 0.25) is 5.91 Å². The zero-order valence-electron chi connectivity index (χ0n) is 16.3. The maximum atomic E-state index is 13.0. The fourth-order valence-corrected chi connectivity index (χ4v) is 3.11. The molecule has 7 nitrogen and oxygen atoms in total. The molecule has 2 aromatic rings. The smallest absolute Gasteiger partial charge is 0.312 e. The number of nitrogens with zero attached hydrogens (tertiary/aromatic N) is 2. The summed E-state index contributed by atoms with van der Waals surface area (Å²) >= 11 is 0. The van der Waals surface area contributed by atoms with Crippen molar-refractivity contribution >= 4 is 23.4 Å². The molecule has 0 atom stereocenters. The minimum absolute atomic E-state index is 0.214. The van der Waals surface area contributed by atoms with Crippen molar-refractivity contribution in [2.24, 2.45) is 0 Å². The average molecular weight is 399 g/mol. The fraction of sp³-hybridized carbons (Fsp3) is 0.286. The summed E-state index contributed by atoms with van der Waals surface area (Å²) in [6, 6.07) is 11.1. The first kappa shape index (κ1) is 20.3. The zero-order chi connectivity index (χ0) is 21.0. The number of methoxy groups -OCH3 is 1. The molecular formula is C21H22FN3O4. The first-order valence-electron chi connectivity index (χ1n) is 9.14. The first-order chi connectivity index (χ1) is 13.9. The fourth-order valence-electron chi connectivity index (χ4n) is 3.11. The third-order valence-corrected chi connectivity index (χ3v) is 4.65. The third kappa shape index (κ3) is 4.90. The molecule has 1 aliphatic rings. The van der Waals surface area contributed by atoms with Crippen LogP contribution in [0.1, 0.15) is 11.1 Å². The number of piperazine rings is 1. The van der Waals surface area contributed by atoms with E-state index in [0.29, 0.717) is 18.0 Å². The molecule has 2 aromatic carbocycles. The number of amides is 3. The Morgan fingerprint density at radius 3 is 2.41 bits per heavy atom. The second kappa shape index (κ2) is 8.72. The number of anilines is 1. The molecular weight excluding hydrogens is 377 g/mol. The van der Waals surface area contributed by atoms with E-state index in [9.17, 15) is 18.8 Å². The Morgan fingerprint density at radius 2 is 1.72 bits per heavy atom. The summed E-state index contributed by atoms with van der Waals surface area (Å²) in [5, 5.41) is 2.72. The number of halogens is 1. The summed E-state index contributed by atoms with van der Waals surface area (Å²) in [7, 11) is 1.50. The highest BCUT2D eigenvalue weighted by Crippen LogP contribution is 2.25. The lowest BCUT2D eigenvalue weighted by molar-refractivity contribution is -0.157. The molecule has 1 N–H and O–H groups in total. The molecule has 8 heteroatoms. The Hall–Kier alpha value is -3.42. The van der Waals surface area contributed by atoms with E-state index in [4.69, 9.17) is 4.74 Å². The highest BCUT2D eigenvalue weighted by atomic mass is 19.1. The Balaban J connectivity index is 1.60. The summed E-state index contributed by atoms with van der Waals surface area (Å²) in [5.74, 6) is -1.68. The Kier molecular flexibility index (Phi) is 6.11. The van der Waals surface area contributed by atoms with Gasteiger partial charge in [-0.2, -0.15) is 0 Å². The number of nitrogens with one attached hydrogen (secondary N) is 1. The molecule has 1 saturated heterocycles. The maximum Gasteiger partial charge on any atom is 0.312 e. The second-order valence-corrected chi connectivity index (χ2v) is 6.83. The molecule has 0 bridgehead atoms. The van der Waals surface area contributed by atoms with E-state index in [0.717, 1.165) is 11.1 Å². The van der Waals surface area contributed by atoms with Crippen molar-refractivity contribution in [3.8, 4) is 5.75 Å². The predicted octanol–water partition coefficient (Wildman–Crippen LogP) is 1.95. The van der Waals surface area contributed by atoms with Crippen LogP contribution in [0.2, 0.25) is 0 Å². The summed E-state index contributed by atoms with van der Waals surface area (Å²) in [6.07, 6.45) is 0. The van der Waals surface area contributed by atoms with Crippen LogP contribution in [0.15, 0.2) is 42.5 Å². The number of carbonyl (C=O) groups is 3. The van der Waals surface area contributed by atoms with Gasteiger partial charge in [-0.1, -0.05) is 18.2 Å². The SMILES string of the molecule is COc1ccc(C)cc1NC(=O)CN1CCN(Cc2ccc(F)cc2)C(=O)C1=O. The molecule has 1 fully saturated rings. The van der Waals surface area contributed by atoms with E-state index >= 15 is 0 Å². The van der Waals surface area contributed by atoms with Crippen molar-refractivity contribution in [3.63, 3.8) is 0 Å².